The number of hydrogen-bond acceptors (Lipinski definition) is 4. The lowest BCUT2D eigenvalue weighted by molar-refractivity contribution is -0.0794. The average Bonchev–Trinajstić information content (AvgIpc) is 2.63. The molecule has 90 valence electrons. The Morgan fingerprint density at radius 2 is 2.24 bits per heavy atom. The number of nitrogens with one attached hydrogen (secondary N) is 3. The van der Waals surface area contributed by atoms with Crippen LogP contribution in [0.5, 0.6) is 0 Å². The van der Waals surface area contributed by atoms with Gasteiger partial charge >= 0.3 is 0 Å². The Labute approximate surface area is 93.4 Å². The molecule has 0 aromatic carbocycles. The number of aromatic amines is 2. The van der Waals surface area contributed by atoms with E-state index >= 15 is 0 Å². The maximum atomic E-state index is 12.6. The molecule has 0 radical (unpaired) electrons. The highest BCUT2D eigenvalue weighted by molar-refractivity contribution is 5.73. The van der Waals surface area contributed by atoms with E-state index in [9.17, 15) is 13.6 Å². The lowest BCUT2D eigenvalue weighted by Crippen LogP contribution is -2.44. The first kappa shape index (κ1) is 10.2. The van der Waals surface area contributed by atoms with Crippen molar-refractivity contribution in [2.24, 2.45) is 0 Å². The van der Waals surface area contributed by atoms with Gasteiger partial charge in [0.1, 0.15) is 5.39 Å². The maximum absolute atomic E-state index is 12.6. The fraction of sp³-hybridized carbons (Fsp3) is 0.444. The molecule has 1 fully saturated rings. The Kier molecular flexibility index (Phi) is 1.95. The zero-order chi connectivity index (χ0) is 12.0. The minimum atomic E-state index is -2.60. The number of fused-ring (bicyclic) bond motifs is 1. The maximum Gasteiger partial charge on any atom is 0.263 e. The molecule has 0 amide bonds. The van der Waals surface area contributed by atoms with Crippen molar-refractivity contribution in [3.63, 3.8) is 0 Å². The summed E-state index contributed by atoms with van der Waals surface area (Å²) in [5.74, 6) is -2.41. The number of aromatic nitrogens is 4. The molecule has 6 nitrogen and oxygen atoms in total. The van der Waals surface area contributed by atoms with Crippen LogP contribution < -0.4 is 10.9 Å². The molecule has 0 aliphatic heterocycles. The van der Waals surface area contributed by atoms with Gasteiger partial charge in [0.2, 0.25) is 5.95 Å². The highest BCUT2D eigenvalue weighted by atomic mass is 19.3. The molecule has 0 atom stereocenters. The Morgan fingerprint density at radius 1 is 1.47 bits per heavy atom. The molecule has 8 heteroatoms. The van der Waals surface area contributed by atoms with Crippen molar-refractivity contribution in [1.82, 2.24) is 20.2 Å². The molecule has 0 bridgehead atoms. The molecule has 17 heavy (non-hydrogen) atoms. The summed E-state index contributed by atoms with van der Waals surface area (Å²) in [5, 5.41) is 9.35. The van der Waals surface area contributed by atoms with Gasteiger partial charge in [-0.3, -0.25) is 14.9 Å². The summed E-state index contributed by atoms with van der Waals surface area (Å²) < 4.78 is 25.3. The summed E-state index contributed by atoms with van der Waals surface area (Å²) in [6, 6.07) is -0.353. The van der Waals surface area contributed by atoms with Gasteiger partial charge in [0.15, 0.2) is 5.65 Å². The van der Waals surface area contributed by atoms with Crippen LogP contribution in [0.1, 0.15) is 12.8 Å². The number of anilines is 1. The fourth-order valence-corrected chi connectivity index (χ4v) is 1.87. The standard InChI is InChI=1S/C9H9F2N5O/c10-9(11)1-4(2-9)13-8-14-6-5(3-12-16-6)7(17)15-8/h3-4H,1-2H2,(H3,12,13,14,15,16,17). The number of hydrogen-bond donors (Lipinski definition) is 3. The Hall–Kier alpha value is -1.99. The Bertz CT molecular complexity index is 611. The van der Waals surface area contributed by atoms with Crippen LogP contribution in [0.4, 0.5) is 14.7 Å². The van der Waals surface area contributed by atoms with Gasteiger partial charge in [-0.1, -0.05) is 0 Å². The molecule has 2 aromatic heterocycles. The van der Waals surface area contributed by atoms with Crippen LogP contribution in [0.15, 0.2) is 11.0 Å². The average molecular weight is 241 g/mol. The Balaban J connectivity index is 1.84. The summed E-state index contributed by atoms with van der Waals surface area (Å²) in [7, 11) is 0. The van der Waals surface area contributed by atoms with E-state index in [0.717, 1.165) is 0 Å². The van der Waals surface area contributed by atoms with Crippen LogP contribution >= 0.6 is 0 Å². The third-order valence-corrected chi connectivity index (χ3v) is 2.75. The van der Waals surface area contributed by atoms with Crippen LogP contribution in [0.25, 0.3) is 11.0 Å². The zero-order valence-corrected chi connectivity index (χ0v) is 8.63. The highest BCUT2D eigenvalue weighted by Crippen LogP contribution is 2.38. The van der Waals surface area contributed by atoms with Gasteiger partial charge in [-0.25, -0.2) is 8.78 Å². The molecular weight excluding hydrogens is 232 g/mol. The third-order valence-electron chi connectivity index (χ3n) is 2.75. The van der Waals surface area contributed by atoms with Crippen LogP contribution in [-0.2, 0) is 0 Å². The van der Waals surface area contributed by atoms with E-state index in [2.05, 4.69) is 25.5 Å². The van der Waals surface area contributed by atoms with Crippen LogP contribution in [-0.4, -0.2) is 32.1 Å². The van der Waals surface area contributed by atoms with E-state index in [1.165, 1.54) is 6.20 Å². The van der Waals surface area contributed by atoms with Gasteiger partial charge in [0, 0.05) is 18.9 Å². The van der Waals surface area contributed by atoms with E-state index in [1.807, 2.05) is 0 Å². The van der Waals surface area contributed by atoms with Crippen LogP contribution in [0, 0.1) is 0 Å². The van der Waals surface area contributed by atoms with Crippen molar-refractivity contribution in [2.45, 2.75) is 24.8 Å². The van der Waals surface area contributed by atoms with Crippen LogP contribution in [0.3, 0.4) is 0 Å². The summed E-state index contributed by atoms with van der Waals surface area (Å²) in [6.45, 7) is 0. The van der Waals surface area contributed by atoms with E-state index < -0.39 is 5.92 Å². The van der Waals surface area contributed by atoms with Gasteiger partial charge in [-0.05, 0) is 0 Å². The van der Waals surface area contributed by atoms with Gasteiger partial charge in [0.05, 0.1) is 6.20 Å². The predicted octanol–water partition coefficient (Wildman–Crippen LogP) is 0.856. The minimum absolute atomic E-state index is 0.187. The largest absolute Gasteiger partial charge is 0.352 e. The van der Waals surface area contributed by atoms with Gasteiger partial charge in [0.25, 0.3) is 11.5 Å². The summed E-state index contributed by atoms with van der Waals surface area (Å²) in [4.78, 5) is 18.0. The third kappa shape index (κ3) is 1.75. The van der Waals surface area contributed by atoms with E-state index in [-0.39, 0.29) is 30.4 Å². The first-order valence-electron chi connectivity index (χ1n) is 5.11. The smallest absolute Gasteiger partial charge is 0.263 e. The van der Waals surface area contributed by atoms with Crippen molar-refractivity contribution in [3.05, 3.63) is 16.6 Å². The summed E-state index contributed by atoms with van der Waals surface area (Å²) >= 11 is 0. The number of H-pyrrole nitrogens is 2. The van der Waals surface area contributed by atoms with Crippen molar-refractivity contribution in [1.29, 1.82) is 0 Å². The second-order valence-electron chi connectivity index (χ2n) is 4.15. The van der Waals surface area contributed by atoms with Crippen molar-refractivity contribution in [3.8, 4) is 0 Å². The quantitative estimate of drug-likeness (QED) is 0.727. The monoisotopic (exact) mass is 241 g/mol. The second-order valence-corrected chi connectivity index (χ2v) is 4.15. The van der Waals surface area contributed by atoms with Gasteiger partial charge in [-0.2, -0.15) is 10.1 Å². The lowest BCUT2D eigenvalue weighted by Gasteiger charge is -2.35. The van der Waals surface area contributed by atoms with E-state index in [4.69, 9.17) is 0 Å². The molecule has 1 aliphatic carbocycles. The summed E-state index contributed by atoms with van der Waals surface area (Å²) in [5.41, 5.74) is -0.0142. The molecule has 3 N–H and O–H groups in total. The van der Waals surface area contributed by atoms with E-state index in [1.54, 1.807) is 0 Å². The van der Waals surface area contributed by atoms with E-state index in [0.29, 0.717) is 11.0 Å². The first-order valence-corrected chi connectivity index (χ1v) is 5.11. The number of rotatable bonds is 2. The number of halogens is 2. The normalized spacial score (nSPS) is 19.2. The fourth-order valence-electron chi connectivity index (χ4n) is 1.87. The highest BCUT2D eigenvalue weighted by Gasteiger charge is 2.45. The Morgan fingerprint density at radius 3 is 2.94 bits per heavy atom. The summed E-state index contributed by atoms with van der Waals surface area (Å²) in [6.07, 6.45) is 0.887. The zero-order valence-electron chi connectivity index (χ0n) is 8.63. The molecule has 1 aliphatic rings. The minimum Gasteiger partial charge on any atom is -0.352 e. The second kappa shape index (κ2) is 3.25. The molecule has 1 saturated carbocycles. The molecular formula is C9H9F2N5O. The molecule has 2 heterocycles. The van der Waals surface area contributed by atoms with Gasteiger partial charge < -0.3 is 5.32 Å². The van der Waals surface area contributed by atoms with Crippen LogP contribution in [0.2, 0.25) is 0 Å². The number of nitrogens with zero attached hydrogens (tertiary/aromatic N) is 2. The topological polar surface area (TPSA) is 86.5 Å². The number of alkyl halides is 2. The molecule has 3 rings (SSSR count). The molecule has 2 aromatic rings. The van der Waals surface area contributed by atoms with Gasteiger partial charge in [-0.15, -0.1) is 0 Å². The predicted molar refractivity (Wildman–Crippen MR) is 56.1 cm³/mol. The van der Waals surface area contributed by atoms with Crippen molar-refractivity contribution in [2.75, 3.05) is 5.32 Å². The molecule has 0 unspecified atom stereocenters. The lowest BCUT2D eigenvalue weighted by atomic mass is 9.88. The SMILES string of the molecule is O=c1[nH]c(NC2CC(F)(F)C2)nc2[nH]ncc12. The molecule has 0 saturated heterocycles. The molecule has 0 spiro atoms. The first-order chi connectivity index (χ1) is 8.03. The van der Waals surface area contributed by atoms with Crippen molar-refractivity contribution >= 4 is 17.0 Å². The van der Waals surface area contributed by atoms with Crippen molar-refractivity contribution < 1.29 is 8.78 Å².